The summed E-state index contributed by atoms with van der Waals surface area (Å²) in [6.07, 6.45) is 4.63. The first-order valence-electron chi connectivity index (χ1n) is 8.53. The topological polar surface area (TPSA) is 38.1 Å². The molecule has 0 amide bonds. The van der Waals surface area contributed by atoms with Gasteiger partial charge < -0.3 is 4.90 Å². The van der Waals surface area contributed by atoms with E-state index in [1.54, 1.807) is 29.3 Å². The van der Waals surface area contributed by atoms with Gasteiger partial charge in [-0.05, 0) is 37.3 Å². The molecule has 4 rings (SSSR count). The quantitative estimate of drug-likeness (QED) is 0.699. The largest absolute Gasteiger partial charge is 0.337 e. The second-order valence-electron chi connectivity index (χ2n) is 5.98. The van der Waals surface area contributed by atoms with E-state index in [9.17, 15) is 4.79 Å². The average Bonchev–Trinajstić information content (AvgIpc) is 3.17. The van der Waals surface area contributed by atoms with Crippen molar-refractivity contribution in [2.75, 3.05) is 11.9 Å². The molecule has 1 aromatic carbocycles. The lowest BCUT2D eigenvalue weighted by molar-refractivity contribution is 0.721. The Morgan fingerprint density at radius 3 is 2.69 bits per heavy atom. The van der Waals surface area contributed by atoms with Crippen molar-refractivity contribution >= 4 is 39.9 Å². The van der Waals surface area contributed by atoms with Crippen LogP contribution in [0.5, 0.6) is 0 Å². The minimum absolute atomic E-state index is 0.0897. The fourth-order valence-corrected chi connectivity index (χ4v) is 5.47. The number of hydrogen-bond donors (Lipinski definition) is 0. The normalized spacial score (nSPS) is 16.2. The van der Waals surface area contributed by atoms with Crippen molar-refractivity contribution in [3.05, 3.63) is 73.9 Å². The molecule has 1 aliphatic rings. The fraction of sp³-hybridized carbons (Fsp3) is 0.200. The number of pyridine rings is 1. The van der Waals surface area contributed by atoms with Gasteiger partial charge in [0.15, 0.2) is 0 Å². The van der Waals surface area contributed by atoms with Crippen molar-refractivity contribution in [3.8, 4) is 0 Å². The van der Waals surface area contributed by atoms with E-state index < -0.39 is 0 Å². The van der Waals surface area contributed by atoms with Crippen LogP contribution < -0.4 is 19.7 Å². The van der Waals surface area contributed by atoms with Crippen LogP contribution >= 0.6 is 23.1 Å². The van der Waals surface area contributed by atoms with Crippen molar-refractivity contribution < 1.29 is 0 Å². The molecule has 0 radical (unpaired) electrons. The second-order valence-corrected chi connectivity index (χ2v) is 8.04. The van der Waals surface area contributed by atoms with Crippen molar-refractivity contribution in [3.63, 3.8) is 0 Å². The highest BCUT2D eigenvalue weighted by molar-refractivity contribution is 8.08. The van der Waals surface area contributed by atoms with Gasteiger partial charge in [-0.25, -0.2) is 0 Å². The zero-order chi connectivity index (χ0) is 18.1. The number of aromatic nitrogens is 2. The van der Waals surface area contributed by atoms with Crippen LogP contribution in [0.1, 0.15) is 12.6 Å². The van der Waals surface area contributed by atoms with E-state index in [-0.39, 0.29) is 5.56 Å². The average molecular weight is 382 g/mol. The Hall–Kier alpha value is -2.31. The summed E-state index contributed by atoms with van der Waals surface area (Å²) in [5.41, 5.74) is 2.25. The van der Waals surface area contributed by atoms with Crippen LogP contribution in [-0.2, 0) is 13.0 Å². The van der Waals surface area contributed by atoms with Gasteiger partial charge in [0, 0.05) is 36.8 Å². The molecule has 0 atom stereocenters. The van der Waals surface area contributed by atoms with Crippen LogP contribution in [-0.4, -0.2) is 16.6 Å². The van der Waals surface area contributed by atoms with Gasteiger partial charge in [-0.1, -0.05) is 30.0 Å². The molecule has 0 saturated carbocycles. The van der Waals surface area contributed by atoms with Gasteiger partial charge in [-0.2, -0.15) is 0 Å². The van der Waals surface area contributed by atoms with Gasteiger partial charge >= 0.3 is 0 Å². The number of nitrogens with zero attached hydrogens (tertiary/aromatic N) is 3. The van der Waals surface area contributed by atoms with E-state index in [0.29, 0.717) is 6.54 Å². The zero-order valence-corrected chi connectivity index (χ0v) is 16.3. The Kier molecular flexibility index (Phi) is 4.70. The Morgan fingerprint density at radius 1 is 1.15 bits per heavy atom. The van der Waals surface area contributed by atoms with E-state index >= 15 is 0 Å². The second kappa shape index (κ2) is 7.13. The van der Waals surface area contributed by atoms with Crippen LogP contribution in [0.3, 0.4) is 0 Å². The SMILES string of the molecule is CCn1c(=CCc2ccccn2)sc(=C2Sc3ccccc3N2C)c1=O. The summed E-state index contributed by atoms with van der Waals surface area (Å²) < 4.78 is 3.66. The first-order valence-corrected chi connectivity index (χ1v) is 10.2. The molecule has 26 heavy (non-hydrogen) atoms. The summed E-state index contributed by atoms with van der Waals surface area (Å²) >= 11 is 3.24. The molecule has 132 valence electrons. The smallest absolute Gasteiger partial charge is 0.271 e. The Labute approximate surface area is 160 Å². The number of fused-ring (bicyclic) bond motifs is 1. The van der Waals surface area contributed by atoms with E-state index in [2.05, 4.69) is 28.1 Å². The van der Waals surface area contributed by atoms with Crippen molar-refractivity contribution in [2.24, 2.45) is 0 Å². The Morgan fingerprint density at radius 2 is 1.96 bits per heavy atom. The lowest BCUT2D eigenvalue weighted by atomic mass is 10.3. The molecule has 0 bridgehead atoms. The monoisotopic (exact) mass is 381 g/mol. The maximum Gasteiger partial charge on any atom is 0.271 e. The molecule has 1 aliphatic heterocycles. The van der Waals surface area contributed by atoms with E-state index in [1.165, 1.54) is 4.90 Å². The molecule has 0 N–H and O–H groups in total. The number of thioether (sulfide) groups is 1. The standard InChI is InChI=1S/C20H19N3OS2/c1-3-23-17(12-11-14-8-6-7-13-21-14)26-18(19(23)24)20-22(2)15-9-4-5-10-16(15)25-20/h4-10,12-13H,3,11H2,1-2H3. The summed E-state index contributed by atoms with van der Waals surface area (Å²) in [5, 5.41) is 1.01. The maximum absolute atomic E-state index is 13.0. The molecule has 2 aromatic heterocycles. The van der Waals surface area contributed by atoms with Gasteiger partial charge in [0.2, 0.25) is 0 Å². The third kappa shape index (κ3) is 2.99. The summed E-state index contributed by atoms with van der Waals surface area (Å²) in [7, 11) is 2.03. The van der Waals surface area contributed by atoms with Gasteiger partial charge in [-0.15, -0.1) is 11.3 Å². The molecular formula is C20H19N3OS2. The molecule has 3 aromatic rings. The first kappa shape index (κ1) is 17.1. The lowest BCUT2D eigenvalue weighted by Crippen LogP contribution is -2.33. The van der Waals surface area contributed by atoms with Crippen LogP contribution in [0.15, 0.2) is 58.4 Å². The molecule has 0 spiro atoms. The Bertz CT molecular complexity index is 1120. The van der Waals surface area contributed by atoms with Gasteiger partial charge in [0.1, 0.15) is 9.56 Å². The van der Waals surface area contributed by atoms with Crippen LogP contribution in [0, 0.1) is 0 Å². The number of hydrogen-bond acceptors (Lipinski definition) is 5. The van der Waals surface area contributed by atoms with Crippen LogP contribution in [0.2, 0.25) is 0 Å². The first-order chi connectivity index (χ1) is 12.7. The zero-order valence-electron chi connectivity index (χ0n) is 14.7. The fourth-order valence-electron chi connectivity index (χ4n) is 3.02. The summed E-state index contributed by atoms with van der Waals surface area (Å²) in [4.78, 5) is 20.7. The molecule has 3 heterocycles. The van der Waals surface area contributed by atoms with Gasteiger partial charge in [-0.3, -0.25) is 14.3 Å². The van der Waals surface area contributed by atoms with E-state index in [0.717, 1.165) is 32.0 Å². The molecule has 0 saturated heterocycles. The molecule has 0 aliphatic carbocycles. The predicted octanol–water partition coefficient (Wildman–Crippen LogP) is 2.66. The molecular weight excluding hydrogens is 362 g/mol. The van der Waals surface area contributed by atoms with Crippen LogP contribution in [0.4, 0.5) is 5.69 Å². The van der Waals surface area contributed by atoms with E-state index in [4.69, 9.17) is 0 Å². The predicted molar refractivity (Wildman–Crippen MR) is 110 cm³/mol. The summed E-state index contributed by atoms with van der Waals surface area (Å²) in [5.74, 6) is 0. The third-order valence-corrected chi connectivity index (χ3v) is 6.91. The molecule has 0 unspecified atom stereocenters. The maximum atomic E-state index is 13.0. The van der Waals surface area contributed by atoms with Crippen molar-refractivity contribution in [1.82, 2.24) is 9.55 Å². The Balaban J connectivity index is 1.83. The molecule has 0 fully saturated rings. The molecule has 4 nitrogen and oxygen atoms in total. The van der Waals surface area contributed by atoms with Crippen molar-refractivity contribution in [1.29, 1.82) is 0 Å². The summed E-state index contributed by atoms with van der Waals surface area (Å²) in [6, 6.07) is 14.2. The number of anilines is 1. The third-order valence-electron chi connectivity index (χ3n) is 4.37. The van der Waals surface area contributed by atoms with E-state index in [1.807, 2.05) is 48.9 Å². The minimum atomic E-state index is 0.0897. The number of rotatable bonds is 3. The van der Waals surface area contributed by atoms with Gasteiger partial charge in [0.25, 0.3) is 5.56 Å². The lowest BCUT2D eigenvalue weighted by Gasteiger charge is -2.11. The highest BCUT2D eigenvalue weighted by atomic mass is 32.2. The highest BCUT2D eigenvalue weighted by Gasteiger charge is 2.24. The number of benzene rings is 1. The highest BCUT2D eigenvalue weighted by Crippen LogP contribution is 2.44. The number of thiazole rings is 1. The van der Waals surface area contributed by atoms with Gasteiger partial charge in [0.05, 0.1) is 10.4 Å². The summed E-state index contributed by atoms with van der Waals surface area (Å²) in [6.45, 7) is 2.68. The number of para-hydroxylation sites is 1. The minimum Gasteiger partial charge on any atom is -0.337 e. The van der Waals surface area contributed by atoms with Crippen molar-refractivity contribution in [2.45, 2.75) is 24.8 Å². The molecule has 6 heteroatoms. The van der Waals surface area contributed by atoms with Crippen LogP contribution in [0.25, 0.3) is 11.1 Å².